The Bertz CT molecular complexity index is 508. The molecular formula is C19H30N2O2. The maximum absolute atomic E-state index is 12.3. The molecule has 23 heavy (non-hydrogen) atoms. The van der Waals surface area contributed by atoms with E-state index in [9.17, 15) is 4.79 Å². The number of aryl methyl sites for hydroxylation is 1. The first-order valence-corrected chi connectivity index (χ1v) is 8.86. The van der Waals surface area contributed by atoms with Gasteiger partial charge in [-0.05, 0) is 36.0 Å². The lowest BCUT2D eigenvalue weighted by Gasteiger charge is -2.27. The molecule has 1 aliphatic heterocycles. The predicted octanol–water partition coefficient (Wildman–Crippen LogP) is 2.96. The lowest BCUT2D eigenvalue weighted by atomic mass is 9.97. The fraction of sp³-hybridized carbons (Fsp3) is 0.632. The van der Waals surface area contributed by atoms with Crippen molar-refractivity contribution in [2.75, 3.05) is 32.8 Å². The Hall–Kier alpha value is -1.55. The van der Waals surface area contributed by atoms with Crippen molar-refractivity contribution < 1.29 is 9.53 Å². The first-order chi connectivity index (χ1) is 11.1. The molecule has 0 saturated carbocycles. The molecule has 0 atom stereocenters. The van der Waals surface area contributed by atoms with Gasteiger partial charge in [0.05, 0.1) is 6.61 Å². The first-order valence-electron chi connectivity index (χ1n) is 8.86. The summed E-state index contributed by atoms with van der Waals surface area (Å²) in [5.41, 5.74) is 2.46. The van der Waals surface area contributed by atoms with Gasteiger partial charge in [0.15, 0.2) is 0 Å². The molecule has 1 aromatic carbocycles. The zero-order chi connectivity index (χ0) is 16.7. The molecule has 1 N–H and O–H groups in total. The fourth-order valence-corrected chi connectivity index (χ4v) is 2.87. The lowest BCUT2D eigenvalue weighted by Crippen LogP contribution is -2.46. The quantitative estimate of drug-likeness (QED) is 0.840. The van der Waals surface area contributed by atoms with Gasteiger partial charge in [0.25, 0.3) is 0 Å². The number of hydrogen-bond donors (Lipinski definition) is 1. The van der Waals surface area contributed by atoms with Gasteiger partial charge in [-0.2, -0.15) is 0 Å². The lowest BCUT2D eigenvalue weighted by molar-refractivity contribution is -0.131. The molecule has 2 rings (SSSR count). The minimum atomic E-state index is 0.268. The third-order valence-corrected chi connectivity index (χ3v) is 4.26. The summed E-state index contributed by atoms with van der Waals surface area (Å²) in [6, 6.07) is 6.37. The predicted molar refractivity (Wildman–Crippen MR) is 94.1 cm³/mol. The zero-order valence-corrected chi connectivity index (χ0v) is 14.7. The van der Waals surface area contributed by atoms with E-state index < -0.39 is 0 Å². The van der Waals surface area contributed by atoms with E-state index in [1.165, 1.54) is 11.1 Å². The highest BCUT2D eigenvalue weighted by molar-refractivity contribution is 5.76. The Morgan fingerprint density at radius 3 is 2.70 bits per heavy atom. The van der Waals surface area contributed by atoms with E-state index in [1.54, 1.807) is 0 Å². The molecule has 1 aromatic rings. The molecule has 128 valence electrons. The van der Waals surface area contributed by atoms with Crippen molar-refractivity contribution in [2.24, 2.45) is 0 Å². The largest absolute Gasteiger partial charge is 0.493 e. The second kappa shape index (κ2) is 8.92. The summed E-state index contributed by atoms with van der Waals surface area (Å²) < 4.78 is 5.84. The summed E-state index contributed by atoms with van der Waals surface area (Å²) in [4.78, 5) is 14.2. The summed E-state index contributed by atoms with van der Waals surface area (Å²) in [5.74, 6) is 1.67. The van der Waals surface area contributed by atoms with Crippen LogP contribution in [0.5, 0.6) is 5.75 Å². The third kappa shape index (κ3) is 5.24. The fourth-order valence-electron chi connectivity index (χ4n) is 2.87. The Balaban J connectivity index is 1.96. The SMILES string of the molecule is CCCOc1ccc(CCC(=O)N2CCNCC2)cc1C(C)C. The second-order valence-electron chi connectivity index (χ2n) is 6.51. The minimum Gasteiger partial charge on any atom is -0.493 e. The smallest absolute Gasteiger partial charge is 0.222 e. The number of carbonyl (C=O) groups excluding carboxylic acids is 1. The number of benzene rings is 1. The van der Waals surface area contributed by atoms with Crippen LogP contribution in [0.3, 0.4) is 0 Å². The van der Waals surface area contributed by atoms with Crippen molar-refractivity contribution >= 4 is 5.91 Å². The van der Waals surface area contributed by atoms with E-state index in [-0.39, 0.29) is 5.91 Å². The van der Waals surface area contributed by atoms with Gasteiger partial charge in [0.2, 0.25) is 5.91 Å². The normalized spacial score (nSPS) is 15.0. The first kappa shape index (κ1) is 17.8. The van der Waals surface area contributed by atoms with E-state index >= 15 is 0 Å². The highest BCUT2D eigenvalue weighted by Gasteiger charge is 2.16. The van der Waals surface area contributed by atoms with Crippen LogP contribution in [0.2, 0.25) is 0 Å². The average Bonchev–Trinajstić information content (AvgIpc) is 2.58. The van der Waals surface area contributed by atoms with E-state index in [2.05, 4.69) is 44.3 Å². The molecule has 4 heteroatoms. The van der Waals surface area contributed by atoms with Crippen molar-refractivity contribution in [2.45, 2.75) is 46.0 Å². The molecule has 1 fully saturated rings. The summed E-state index contributed by atoms with van der Waals surface area (Å²) in [5, 5.41) is 3.28. The number of nitrogens with zero attached hydrogens (tertiary/aromatic N) is 1. The van der Waals surface area contributed by atoms with Crippen molar-refractivity contribution in [3.05, 3.63) is 29.3 Å². The van der Waals surface area contributed by atoms with Gasteiger partial charge in [-0.25, -0.2) is 0 Å². The van der Waals surface area contributed by atoms with Crippen LogP contribution in [0.15, 0.2) is 18.2 Å². The number of amides is 1. The number of rotatable bonds is 7. The van der Waals surface area contributed by atoms with Gasteiger partial charge in [0, 0.05) is 32.6 Å². The van der Waals surface area contributed by atoms with E-state index in [1.807, 2.05) is 4.90 Å². The monoisotopic (exact) mass is 318 g/mol. The maximum atomic E-state index is 12.3. The standard InChI is InChI=1S/C19H30N2O2/c1-4-13-23-18-7-5-16(14-17(18)15(2)3)6-8-19(22)21-11-9-20-10-12-21/h5,7,14-15,20H,4,6,8-13H2,1-3H3. The topological polar surface area (TPSA) is 41.6 Å². The summed E-state index contributed by atoms with van der Waals surface area (Å²) in [6.45, 7) is 10.7. The van der Waals surface area contributed by atoms with Crippen molar-refractivity contribution in [3.63, 3.8) is 0 Å². The molecule has 0 aromatic heterocycles. The Morgan fingerprint density at radius 1 is 1.30 bits per heavy atom. The Labute approximate surface area is 140 Å². The molecule has 1 heterocycles. The molecule has 1 saturated heterocycles. The van der Waals surface area contributed by atoms with Crippen molar-refractivity contribution in [1.82, 2.24) is 10.2 Å². The highest BCUT2D eigenvalue weighted by atomic mass is 16.5. The van der Waals surface area contributed by atoms with Crippen LogP contribution in [0.25, 0.3) is 0 Å². The summed E-state index contributed by atoms with van der Waals surface area (Å²) >= 11 is 0. The number of ether oxygens (including phenoxy) is 1. The highest BCUT2D eigenvalue weighted by Crippen LogP contribution is 2.28. The maximum Gasteiger partial charge on any atom is 0.222 e. The molecule has 1 amide bonds. The van der Waals surface area contributed by atoms with Crippen LogP contribution < -0.4 is 10.1 Å². The molecule has 0 bridgehead atoms. The minimum absolute atomic E-state index is 0.268. The molecular weight excluding hydrogens is 288 g/mol. The molecule has 0 unspecified atom stereocenters. The van der Waals surface area contributed by atoms with Crippen molar-refractivity contribution in [1.29, 1.82) is 0 Å². The number of nitrogens with one attached hydrogen (secondary N) is 1. The number of carbonyl (C=O) groups is 1. The second-order valence-corrected chi connectivity index (χ2v) is 6.51. The zero-order valence-electron chi connectivity index (χ0n) is 14.7. The molecule has 1 aliphatic rings. The average molecular weight is 318 g/mol. The van der Waals surface area contributed by atoms with Gasteiger partial charge in [0.1, 0.15) is 5.75 Å². The third-order valence-electron chi connectivity index (χ3n) is 4.26. The molecule has 0 radical (unpaired) electrons. The van der Waals surface area contributed by atoms with Gasteiger partial charge < -0.3 is 15.0 Å². The molecule has 0 spiro atoms. The van der Waals surface area contributed by atoms with Crippen LogP contribution in [-0.2, 0) is 11.2 Å². The van der Waals surface area contributed by atoms with Crippen LogP contribution in [0.4, 0.5) is 0 Å². The van der Waals surface area contributed by atoms with E-state index in [0.29, 0.717) is 12.3 Å². The Kier molecular flexibility index (Phi) is 6.90. The van der Waals surface area contributed by atoms with E-state index in [0.717, 1.165) is 51.4 Å². The summed E-state index contributed by atoms with van der Waals surface area (Å²) in [6.07, 6.45) is 2.40. The summed E-state index contributed by atoms with van der Waals surface area (Å²) in [7, 11) is 0. The van der Waals surface area contributed by atoms with Gasteiger partial charge >= 0.3 is 0 Å². The van der Waals surface area contributed by atoms with Crippen LogP contribution in [-0.4, -0.2) is 43.6 Å². The van der Waals surface area contributed by atoms with Crippen LogP contribution in [0.1, 0.15) is 50.7 Å². The van der Waals surface area contributed by atoms with Crippen molar-refractivity contribution in [3.8, 4) is 5.75 Å². The van der Waals surface area contributed by atoms with Crippen LogP contribution >= 0.6 is 0 Å². The van der Waals surface area contributed by atoms with Gasteiger partial charge in [-0.3, -0.25) is 4.79 Å². The Morgan fingerprint density at radius 2 is 2.04 bits per heavy atom. The number of hydrogen-bond acceptors (Lipinski definition) is 3. The van der Waals surface area contributed by atoms with Crippen LogP contribution in [0, 0.1) is 0 Å². The molecule has 4 nitrogen and oxygen atoms in total. The van der Waals surface area contributed by atoms with Gasteiger partial charge in [-0.1, -0.05) is 32.9 Å². The van der Waals surface area contributed by atoms with Gasteiger partial charge in [-0.15, -0.1) is 0 Å². The van der Waals surface area contributed by atoms with E-state index in [4.69, 9.17) is 4.74 Å². The molecule has 0 aliphatic carbocycles. The number of piperazine rings is 1.